The van der Waals surface area contributed by atoms with Gasteiger partial charge >= 0.3 is 441 Å². The fourth-order valence-corrected chi connectivity index (χ4v) is 3.99. The number of rotatable bonds is 32. The Morgan fingerprint density at radius 1 is 0.152 bits per heavy atom. The van der Waals surface area contributed by atoms with E-state index in [-0.39, 0.29) is 0 Å². The van der Waals surface area contributed by atoms with Crippen LogP contribution in [0.1, 0.15) is 0 Å². The molecule has 0 aliphatic rings. The van der Waals surface area contributed by atoms with Crippen LogP contribution in [-0.4, -0.2) is 436 Å². The third-order valence-corrected chi connectivity index (χ3v) is 7.02. The van der Waals surface area contributed by atoms with Gasteiger partial charge in [0.2, 0.25) is 0 Å². The van der Waals surface area contributed by atoms with Crippen molar-refractivity contribution in [2.75, 3.05) is 7.11 Å². The molecule has 0 aromatic carbocycles. The summed E-state index contributed by atoms with van der Waals surface area (Å²) in [5.74, 6) is 0. The Labute approximate surface area is 437 Å². The Bertz CT molecular complexity index is 2210. The van der Waals surface area contributed by atoms with E-state index in [1.54, 1.807) is 20.8 Å². The van der Waals surface area contributed by atoms with Gasteiger partial charge in [-0.15, -0.1) is 0 Å². The molecule has 0 aliphatic heterocycles. The van der Waals surface area contributed by atoms with E-state index in [0.29, 0.717) is 0 Å². The van der Waals surface area contributed by atoms with Gasteiger partial charge in [0, 0.05) is 0 Å². The summed E-state index contributed by atoms with van der Waals surface area (Å²) in [6.07, 6.45) is 0. The average Bonchev–Trinajstić information content (AvgIpc) is 3.33. The topological polar surface area (TPSA) is 9.23 Å². The first-order valence-corrected chi connectivity index (χ1v) is 21.7. The molecule has 0 atom stereocenters. The molecule has 0 bridgehead atoms. The molecule has 66 heavy (non-hydrogen) atoms. The van der Waals surface area contributed by atoms with Crippen LogP contribution in [0.3, 0.4) is 0 Å². The van der Waals surface area contributed by atoms with Crippen molar-refractivity contribution in [3.8, 4) is 0 Å². The van der Waals surface area contributed by atoms with Crippen LogP contribution >= 0.6 is 0 Å². The van der Waals surface area contributed by atoms with Crippen molar-refractivity contribution in [2.24, 2.45) is 0 Å². The SMILES string of the molecule is B=BB=BB=BB=BB=BB=BB=BB=BB=BB=BB=BB=BB=BB=BB=BB=BB=BB=BB=BB=BB=BB=BB=BB=BB=BB=BB=BB=BB=BB=BB=BB=BOC. The van der Waals surface area contributed by atoms with E-state index in [0.717, 1.165) is 0 Å². The second kappa shape index (κ2) is 69.0. The zero-order valence-electron chi connectivity index (χ0n) is 38.5. The van der Waals surface area contributed by atoms with E-state index < -0.39 is 0 Å². The van der Waals surface area contributed by atoms with Crippen LogP contribution in [0.4, 0.5) is 0 Å². The van der Waals surface area contributed by atoms with Gasteiger partial charge in [0.05, 0.1) is 0 Å². The molecule has 0 heterocycles. The van der Waals surface area contributed by atoms with E-state index in [2.05, 4.69) is 7.37 Å². The molecular weight excluding hydrogens is 720 g/mol. The minimum absolute atomic E-state index is 1.62. The van der Waals surface area contributed by atoms with E-state index in [1.165, 1.54) is 0 Å². The van der Waals surface area contributed by atoms with Crippen LogP contribution < -0.4 is 0 Å². The molecule has 0 aromatic rings. The van der Waals surface area contributed by atoms with Gasteiger partial charge in [-0.25, -0.2) is 0 Å². The third kappa shape index (κ3) is 68.0. The van der Waals surface area contributed by atoms with E-state index in [9.17, 15) is 0 Å². The van der Waals surface area contributed by atoms with Crippen LogP contribution in [0, 0.1) is 0 Å². The molecule has 0 N–H and O–H groups in total. The first-order valence-electron chi connectivity index (χ1n) is 21.7. The maximum atomic E-state index is 4.82. The summed E-state index contributed by atoms with van der Waals surface area (Å²) in [6, 6.07) is 0. The molecule has 0 rings (SSSR count). The third-order valence-electron chi connectivity index (χ3n) is 7.02. The Balaban J connectivity index is 4.08. The van der Waals surface area contributed by atoms with E-state index in [1.807, 2.05) is 408 Å². The average molecular weight is 724 g/mol. The summed E-state index contributed by atoms with van der Waals surface area (Å²) in [5, 5.41) is 0. The molecule has 1 nitrogen and oxygen atoms in total. The fourth-order valence-electron chi connectivity index (χ4n) is 3.99. The number of hydrogen-bond acceptors (Lipinski definition) is 1. The van der Waals surface area contributed by atoms with E-state index >= 15 is 0 Å². The summed E-state index contributed by atoms with van der Waals surface area (Å²) in [4.78, 5) is 0. The van der Waals surface area contributed by atoms with Crippen LogP contribution in [0.15, 0.2) is 0 Å². The van der Waals surface area contributed by atoms with Gasteiger partial charge in [-0.2, -0.15) is 0 Å². The van der Waals surface area contributed by atoms with Crippen molar-refractivity contribution >= 4 is 429 Å². The molecule has 0 spiro atoms. The van der Waals surface area contributed by atoms with Gasteiger partial charge in [-0.3, -0.25) is 0 Å². The zero-order chi connectivity index (χ0) is 47.3. The Kier molecular flexibility index (Phi) is 73.1. The molecule has 0 fully saturated rings. The van der Waals surface area contributed by atoms with E-state index in [4.69, 9.17) is 4.65 Å². The molecule has 0 saturated heterocycles. The van der Waals surface area contributed by atoms with Gasteiger partial charge in [-0.1, -0.05) is 0 Å². The van der Waals surface area contributed by atoms with Gasteiger partial charge in [-0.05, 0) is 0 Å². The first-order chi connectivity index (χ1) is 32.9. The Morgan fingerprint density at radius 2 is 0.242 bits per heavy atom. The first kappa shape index (κ1) is 70.0. The molecule has 65 heteroatoms. The molecule has 0 aromatic heterocycles. The molecular formula is CH4B64O. The summed E-state index contributed by atoms with van der Waals surface area (Å²) >= 11 is 0. The van der Waals surface area contributed by atoms with Crippen molar-refractivity contribution in [2.45, 2.75) is 0 Å². The van der Waals surface area contributed by atoms with Crippen LogP contribution in [0.2, 0.25) is 0 Å². The van der Waals surface area contributed by atoms with Gasteiger partial charge in [0.15, 0.2) is 0 Å². The van der Waals surface area contributed by atoms with Crippen molar-refractivity contribution in [3.63, 3.8) is 0 Å². The normalized spacial score (nSPS) is 7.76. The van der Waals surface area contributed by atoms with Gasteiger partial charge in [0.1, 0.15) is 0 Å². The standard InChI is InChI=1S/CH4B64O/c1-66-65-64-63-62-61-60-59-58-57-56-55-54-53-52-51-50-49-48-47-46-45-44-43-42-41-40-39-38-37-36-35-34-33-32-31-30-29-28-27-26-25-24-23-22-21-20-19-18-17-16-15-14-13-12-11-10-9-8-7-6-5-4-3-2/h2H,1H3. The molecule has 0 radical (unpaired) electrons. The van der Waals surface area contributed by atoms with Crippen LogP contribution in [0.25, 0.3) is 0 Å². The minimum atomic E-state index is 1.62. The molecule has 0 unspecified atom stereocenters. The quantitative estimate of drug-likeness (QED) is 0.0628. The summed E-state index contributed by atoms with van der Waals surface area (Å²) in [7, 11) is 6.88. The molecule has 206 valence electrons. The van der Waals surface area contributed by atoms with Gasteiger partial charge < -0.3 is 0 Å². The van der Waals surface area contributed by atoms with Crippen molar-refractivity contribution in [1.29, 1.82) is 0 Å². The maximum absolute atomic E-state index is 4.82. The van der Waals surface area contributed by atoms with Gasteiger partial charge in [0.25, 0.3) is 0 Å². The van der Waals surface area contributed by atoms with Crippen molar-refractivity contribution in [3.05, 3.63) is 0 Å². The predicted molar refractivity (Wildman–Crippen MR) is 377 cm³/mol. The summed E-state index contributed by atoms with van der Waals surface area (Å²) in [5.41, 5.74) is 0. The fraction of sp³-hybridized carbons (Fsp3) is 1.00. The predicted octanol–water partition coefficient (Wildman–Crippen LogP) is -24.5. The van der Waals surface area contributed by atoms with Crippen molar-refractivity contribution in [1.82, 2.24) is 0 Å². The van der Waals surface area contributed by atoms with Crippen LogP contribution in [0.5, 0.6) is 0 Å². The van der Waals surface area contributed by atoms with Crippen LogP contribution in [-0.2, 0) is 4.65 Å². The monoisotopic (exact) mass is 737 g/mol. The second-order valence-corrected chi connectivity index (χ2v) is 12.3. The molecule has 0 amide bonds. The van der Waals surface area contributed by atoms with Crippen molar-refractivity contribution < 1.29 is 4.65 Å². The molecule has 0 saturated carbocycles. The summed E-state index contributed by atoms with van der Waals surface area (Å²) < 4.78 is 4.82. The molecule has 0 aliphatic carbocycles. The Morgan fingerprint density at radius 3 is 0.333 bits per heavy atom. The summed E-state index contributed by atoms with van der Waals surface area (Å²) in [6.45, 7) is 123. The second-order valence-electron chi connectivity index (χ2n) is 12.3. The Hall–Kier alpha value is 3.96. The number of hydrogen-bond donors (Lipinski definition) is 0. The zero-order valence-corrected chi connectivity index (χ0v) is 38.5.